The zero-order chi connectivity index (χ0) is 13.2. The van der Waals surface area contributed by atoms with Gasteiger partial charge in [0.2, 0.25) is 0 Å². The zero-order valence-corrected chi connectivity index (χ0v) is 11.5. The number of nitrogens with one attached hydrogen (secondary N) is 1. The van der Waals surface area contributed by atoms with Crippen LogP contribution < -0.4 is 5.32 Å². The number of aryl methyl sites for hydroxylation is 2. The predicted molar refractivity (Wildman–Crippen MR) is 72.9 cm³/mol. The molecule has 0 spiro atoms. The second kappa shape index (κ2) is 5.28. The van der Waals surface area contributed by atoms with Crippen molar-refractivity contribution < 1.29 is 9.90 Å². The Hall–Kier alpha value is -1.07. The summed E-state index contributed by atoms with van der Waals surface area (Å²) in [6.45, 7) is 4.03. The van der Waals surface area contributed by atoms with Crippen LogP contribution in [0.4, 0.5) is 0 Å². The molecule has 2 N–H and O–H groups in total. The van der Waals surface area contributed by atoms with Gasteiger partial charge in [-0.25, -0.2) is 0 Å². The first kappa shape index (κ1) is 13.4. The summed E-state index contributed by atoms with van der Waals surface area (Å²) in [5, 5.41) is 12.9. The number of hydrogen-bond acceptors (Lipinski definition) is 4. The number of carbonyl (C=O) groups excluding carboxylic acids is 1. The Balaban J connectivity index is 1.99. The van der Waals surface area contributed by atoms with E-state index in [1.54, 1.807) is 17.8 Å². The molecule has 1 aliphatic heterocycles. The molecule has 1 amide bonds. The summed E-state index contributed by atoms with van der Waals surface area (Å²) >= 11 is 1.72. The largest absolute Gasteiger partial charge is 0.387 e. The lowest BCUT2D eigenvalue weighted by Crippen LogP contribution is -2.43. The number of carbonyl (C=O) groups is 1. The van der Waals surface area contributed by atoms with E-state index in [1.807, 2.05) is 19.9 Å². The summed E-state index contributed by atoms with van der Waals surface area (Å²) in [4.78, 5) is 16.3. The van der Waals surface area contributed by atoms with Gasteiger partial charge in [0.1, 0.15) is 0 Å². The highest BCUT2D eigenvalue weighted by Crippen LogP contribution is 2.27. The summed E-state index contributed by atoms with van der Waals surface area (Å²) in [6, 6.07) is 3.60. The van der Waals surface area contributed by atoms with E-state index in [2.05, 4.69) is 10.3 Å². The average molecular weight is 266 g/mol. The van der Waals surface area contributed by atoms with Gasteiger partial charge >= 0.3 is 0 Å². The number of aromatic nitrogens is 1. The van der Waals surface area contributed by atoms with Crippen molar-refractivity contribution in [2.45, 2.75) is 25.9 Å². The second-order valence-electron chi connectivity index (χ2n) is 4.80. The fourth-order valence-electron chi connectivity index (χ4n) is 2.00. The van der Waals surface area contributed by atoms with Crippen molar-refractivity contribution >= 4 is 17.7 Å². The minimum Gasteiger partial charge on any atom is -0.387 e. The molecule has 1 saturated heterocycles. The lowest BCUT2D eigenvalue weighted by atomic mass is 10.0. The predicted octanol–water partition coefficient (Wildman–Crippen LogP) is 1.30. The Morgan fingerprint density at radius 3 is 2.94 bits per heavy atom. The van der Waals surface area contributed by atoms with Crippen molar-refractivity contribution in [3.05, 3.63) is 29.1 Å². The van der Waals surface area contributed by atoms with Crippen LogP contribution >= 0.6 is 11.8 Å². The van der Waals surface area contributed by atoms with Crippen molar-refractivity contribution in [3.8, 4) is 0 Å². The third kappa shape index (κ3) is 3.03. The molecule has 0 aliphatic carbocycles. The third-order valence-electron chi connectivity index (χ3n) is 3.13. The molecule has 0 aromatic carbocycles. The summed E-state index contributed by atoms with van der Waals surface area (Å²) in [5.74, 6) is 1.49. The summed E-state index contributed by atoms with van der Waals surface area (Å²) in [5.41, 5.74) is 1.46. The van der Waals surface area contributed by atoms with E-state index >= 15 is 0 Å². The van der Waals surface area contributed by atoms with Crippen LogP contribution in [0.1, 0.15) is 28.2 Å². The Labute approximate surface area is 111 Å². The topological polar surface area (TPSA) is 62.2 Å². The average Bonchev–Trinajstić information content (AvgIpc) is 2.74. The number of rotatable bonds is 3. The van der Waals surface area contributed by atoms with Crippen molar-refractivity contribution in [3.63, 3.8) is 0 Å². The van der Waals surface area contributed by atoms with Crippen molar-refractivity contribution in [1.82, 2.24) is 10.3 Å². The van der Waals surface area contributed by atoms with Crippen LogP contribution in [0.3, 0.4) is 0 Å². The van der Waals surface area contributed by atoms with Gasteiger partial charge in [-0.1, -0.05) is 0 Å². The SMILES string of the molecule is Cc1ccc(C(=O)NCC2(O)CCSC2)c(C)n1. The summed E-state index contributed by atoms with van der Waals surface area (Å²) < 4.78 is 0. The van der Waals surface area contributed by atoms with E-state index in [0.29, 0.717) is 17.9 Å². The molecule has 4 nitrogen and oxygen atoms in total. The molecule has 5 heteroatoms. The summed E-state index contributed by atoms with van der Waals surface area (Å²) in [7, 11) is 0. The van der Waals surface area contributed by atoms with Gasteiger partial charge in [-0.3, -0.25) is 9.78 Å². The number of thioether (sulfide) groups is 1. The van der Waals surface area contributed by atoms with Gasteiger partial charge in [0, 0.05) is 18.0 Å². The van der Waals surface area contributed by atoms with Crippen LogP contribution in [0.25, 0.3) is 0 Å². The molecule has 0 saturated carbocycles. The molecule has 1 atom stereocenters. The van der Waals surface area contributed by atoms with E-state index in [1.165, 1.54) is 0 Å². The van der Waals surface area contributed by atoms with Crippen molar-refractivity contribution in [2.24, 2.45) is 0 Å². The van der Waals surface area contributed by atoms with Crippen LogP contribution in [-0.2, 0) is 0 Å². The van der Waals surface area contributed by atoms with Crippen molar-refractivity contribution in [2.75, 3.05) is 18.1 Å². The van der Waals surface area contributed by atoms with Crippen LogP contribution in [-0.4, -0.2) is 39.6 Å². The maximum atomic E-state index is 12.0. The normalized spacial score (nSPS) is 23.1. The van der Waals surface area contributed by atoms with Crippen LogP contribution in [0, 0.1) is 13.8 Å². The number of pyridine rings is 1. The van der Waals surface area contributed by atoms with E-state index in [4.69, 9.17) is 0 Å². The maximum absolute atomic E-state index is 12.0. The standard InChI is InChI=1S/C13H18N2O2S/c1-9-3-4-11(10(2)15-9)12(16)14-7-13(17)5-6-18-8-13/h3-4,17H,5-8H2,1-2H3,(H,14,16). The molecule has 1 aromatic heterocycles. The lowest BCUT2D eigenvalue weighted by Gasteiger charge is -2.21. The van der Waals surface area contributed by atoms with Gasteiger partial charge in [0.05, 0.1) is 16.9 Å². The summed E-state index contributed by atoms with van der Waals surface area (Å²) in [6.07, 6.45) is 0.739. The van der Waals surface area contributed by atoms with Gasteiger partial charge < -0.3 is 10.4 Å². The first-order valence-corrected chi connectivity index (χ1v) is 7.18. The molecule has 2 rings (SSSR count). The molecule has 18 heavy (non-hydrogen) atoms. The fraction of sp³-hybridized carbons (Fsp3) is 0.538. The molecule has 2 heterocycles. The smallest absolute Gasteiger partial charge is 0.253 e. The van der Waals surface area contributed by atoms with E-state index in [-0.39, 0.29) is 5.91 Å². The number of amides is 1. The van der Waals surface area contributed by atoms with Gasteiger partial charge in [-0.2, -0.15) is 11.8 Å². The number of nitrogens with zero attached hydrogens (tertiary/aromatic N) is 1. The highest BCUT2D eigenvalue weighted by Gasteiger charge is 2.32. The molecule has 1 aromatic rings. The zero-order valence-electron chi connectivity index (χ0n) is 10.7. The minimum atomic E-state index is -0.744. The minimum absolute atomic E-state index is 0.162. The highest BCUT2D eigenvalue weighted by atomic mass is 32.2. The molecule has 1 aliphatic rings. The second-order valence-corrected chi connectivity index (χ2v) is 5.90. The Bertz CT molecular complexity index is 456. The lowest BCUT2D eigenvalue weighted by molar-refractivity contribution is 0.0612. The Kier molecular flexibility index (Phi) is 3.92. The monoisotopic (exact) mass is 266 g/mol. The molecular formula is C13H18N2O2S. The molecule has 1 unspecified atom stereocenters. The highest BCUT2D eigenvalue weighted by molar-refractivity contribution is 7.99. The maximum Gasteiger partial charge on any atom is 0.253 e. The number of aliphatic hydroxyl groups is 1. The van der Waals surface area contributed by atoms with Crippen LogP contribution in [0.5, 0.6) is 0 Å². The van der Waals surface area contributed by atoms with Crippen LogP contribution in [0.2, 0.25) is 0 Å². The van der Waals surface area contributed by atoms with Crippen LogP contribution in [0.15, 0.2) is 12.1 Å². The first-order valence-electron chi connectivity index (χ1n) is 6.03. The van der Waals surface area contributed by atoms with E-state index in [0.717, 1.165) is 23.6 Å². The molecular weight excluding hydrogens is 248 g/mol. The number of hydrogen-bond donors (Lipinski definition) is 2. The quantitative estimate of drug-likeness (QED) is 0.865. The Morgan fingerprint density at radius 2 is 2.33 bits per heavy atom. The molecule has 0 radical (unpaired) electrons. The van der Waals surface area contributed by atoms with Gasteiger partial charge in [0.25, 0.3) is 5.91 Å². The Morgan fingerprint density at radius 1 is 1.56 bits per heavy atom. The van der Waals surface area contributed by atoms with Crippen molar-refractivity contribution in [1.29, 1.82) is 0 Å². The van der Waals surface area contributed by atoms with Gasteiger partial charge in [-0.15, -0.1) is 0 Å². The van der Waals surface area contributed by atoms with Gasteiger partial charge in [0.15, 0.2) is 0 Å². The fourth-order valence-corrected chi connectivity index (χ4v) is 3.30. The first-order chi connectivity index (χ1) is 8.50. The third-order valence-corrected chi connectivity index (χ3v) is 4.36. The van der Waals surface area contributed by atoms with E-state index < -0.39 is 5.60 Å². The molecule has 0 bridgehead atoms. The molecule has 1 fully saturated rings. The van der Waals surface area contributed by atoms with Gasteiger partial charge in [-0.05, 0) is 38.2 Å². The molecule has 98 valence electrons. The van der Waals surface area contributed by atoms with E-state index in [9.17, 15) is 9.90 Å².